The predicted molar refractivity (Wildman–Crippen MR) is 86.4 cm³/mol. The Morgan fingerprint density at radius 2 is 1.75 bits per heavy atom. The van der Waals surface area contributed by atoms with E-state index in [9.17, 15) is 4.79 Å². The molecular formula is C17H11N5O2. The fourth-order valence-corrected chi connectivity index (χ4v) is 2.47. The van der Waals surface area contributed by atoms with Gasteiger partial charge >= 0.3 is 5.97 Å². The number of benzene rings is 1. The summed E-state index contributed by atoms with van der Waals surface area (Å²) in [5, 5.41) is 13.2. The number of aromatic carboxylic acids is 1. The maximum Gasteiger partial charge on any atom is 0.335 e. The van der Waals surface area contributed by atoms with Gasteiger partial charge in [-0.05, 0) is 30.3 Å². The summed E-state index contributed by atoms with van der Waals surface area (Å²) in [6.45, 7) is 0. The Morgan fingerprint density at radius 1 is 1.00 bits per heavy atom. The second-order valence-electron chi connectivity index (χ2n) is 5.12. The first-order valence-corrected chi connectivity index (χ1v) is 7.17. The molecule has 1 N–H and O–H groups in total. The third-order valence-electron chi connectivity index (χ3n) is 3.66. The van der Waals surface area contributed by atoms with E-state index in [1.807, 2.05) is 18.2 Å². The van der Waals surface area contributed by atoms with E-state index >= 15 is 0 Å². The fourth-order valence-electron chi connectivity index (χ4n) is 2.47. The molecule has 4 aromatic rings. The van der Waals surface area contributed by atoms with Crippen LogP contribution in [0.1, 0.15) is 10.4 Å². The molecule has 0 aliphatic heterocycles. The molecule has 3 heterocycles. The smallest absolute Gasteiger partial charge is 0.335 e. The lowest BCUT2D eigenvalue weighted by Crippen LogP contribution is -1.99. The number of pyridine rings is 1. The van der Waals surface area contributed by atoms with Crippen LogP contribution in [0.5, 0.6) is 0 Å². The van der Waals surface area contributed by atoms with Crippen LogP contribution < -0.4 is 0 Å². The Balaban J connectivity index is 1.89. The molecule has 1 aromatic carbocycles. The second kappa shape index (κ2) is 5.54. The number of fused-ring (bicyclic) bond motifs is 1. The summed E-state index contributed by atoms with van der Waals surface area (Å²) in [6.07, 6.45) is 4.87. The van der Waals surface area contributed by atoms with Crippen molar-refractivity contribution in [2.75, 3.05) is 0 Å². The minimum absolute atomic E-state index is 0.233. The highest BCUT2D eigenvalue weighted by molar-refractivity contribution is 5.88. The lowest BCUT2D eigenvalue weighted by atomic mass is 10.1. The average Bonchev–Trinajstić information content (AvgIpc) is 3.10. The molecule has 0 bridgehead atoms. The van der Waals surface area contributed by atoms with Crippen molar-refractivity contribution in [2.45, 2.75) is 0 Å². The molecule has 0 unspecified atom stereocenters. The Labute approximate surface area is 136 Å². The van der Waals surface area contributed by atoms with Gasteiger partial charge in [0.05, 0.1) is 17.0 Å². The van der Waals surface area contributed by atoms with Crippen LogP contribution in [0.15, 0.2) is 61.2 Å². The number of nitrogens with zero attached hydrogens (tertiary/aromatic N) is 5. The van der Waals surface area contributed by atoms with E-state index < -0.39 is 5.97 Å². The molecule has 0 atom stereocenters. The van der Waals surface area contributed by atoms with Crippen LogP contribution in [-0.2, 0) is 0 Å². The van der Waals surface area contributed by atoms with Gasteiger partial charge in [-0.3, -0.25) is 4.98 Å². The van der Waals surface area contributed by atoms with Crippen LogP contribution >= 0.6 is 0 Å². The largest absolute Gasteiger partial charge is 0.478 e. The normalized spacial score (nSPS) is 10.8. The van der Waals surface area contributed by atoms with E-state index in [1.54, 1.807) is 41.2 Å². The van der Waals surface area contributed by atoms with Gasteiger partial charge in [0.25, 0.3) is 5.78 Å². The first-order chi connectivity index (χ1) is 11.7. The maximum atomic E-state index is 11.0. The van der Waals surface area contributed by atoms with E-state index in [0.717, 1.165) is 16.8 Å². The minimum Gasteiger partial charge on any atom is -0.478 e. The molecule has 0 fully saturated rings. The number of rotatable bonds is 3. The maximum absolute atomic E-state index is 11.0. The number of carboxylic acids is 1. The van der Waals surface area contributed by atoms with Crippen molar-refractivity contribution in [3.63, 3.8) is 0 Å². The van der Waals surface area contributed by atoms with Crippen LogP contribution in [0.25, 0.3) is 28.3 Å². The number of hydrogen-bond acceptors (Lipinski definition) is 5. The second-order valence-corrected chi connectivity index (χ2v) is 5.12. The molecule has 7 nitrogen and oxygen atoms in total. The zero-order valence-corrected chi connectivity index (χ0v) is 12.4. The first-order valence-electron chi connectivity index (χ1n) is 7.17. The molecule has 24 heavy (non-hydrogen) atoms. The van der Waals surface area contributed by atoms with Crippen molar-refractivity contribution in [1.82, 2.24) is 24.6 Å². The molecule has 0 saturated carbocycles. The standard InChI is InChI=1S/C17H11N5O2/c23-16(24)13-3-1-11(2-4-13)14-9-15(12-5-7-18-8-6-12)22-17(21-14)19-10-20-22/h1-10H,(H,23,24). The molecule has 0 radical (unpaired) electrons. The SMILES string of the molecule is O=C(O)c1ccc(-c2cc(-c3ccncc3)n3ncnc3n2)cc1. The van der Waals surface area contributed by atoms with Crippen LogP contribution in [0, 0.1) is 0 Å². The zero-order chi connectivity index (χ0) is 16.5. The van der Waals surface area contributed by atoms with Gasteiger partial charge in [0.2, 0.25) is 0 Å². The molecule has 0 amide bonds. The Bertz CT molecular complexity index is 1030. The Morgan fingerprint density at radius 3 is 2.46 bits per heavy atom. The van der Waals surface area contributed by atoms with Crippen molar-refractivity contribution in [2.24, 2.45) is 0 Å². The lowest BCUT2D eigenvalue weighted by Gasteiger charge is -2.08. The fraction of sp³-hybridized carbons (Fsp3) is 0. The predicted octanol–water partition coefficient (Wildman–Crippen LogP) is 2.55. The number of carboxylic acid groups (broad SMARTS) is 1. The highest BCUT2D eigenvalue weighted by atomic mass is 16.4. The van der Waals surface area contributed by atoms with Gasteiger partial charge in [-0.1, -0.05) is 12.1 Å². The Hall–Kier alpha value is -3.61. The van der Waals surface area contributed by atoms with Crippen LogP contribution in [-0.4, -0.2) is 35.6 Å². The summed E-state index contributed by atoms with van der Waals surface area (Å²) >= 11 is 0. The Kier molecular flexibility index (Phi) is 3.24. The lowest BCUT2D eigenvalue weighted by molar-refractivity contribution is 0.0697. The van der Waals surface area contributed by atoms with Gasteiger partial charge in [-0.2, -0.15) is 14.6 Å². The number of carbonyl (C=O) groups is 1. The summed E-state index contributed by atoms with van der Waals surface area (Å²) in [6, 6.07) is 12.2. The summed E-state index contributed by atoms with van der Waals surface area (Å²) in [4.78, 5) is 23.7. The molecule has 0 aliphatic carbocycles. The zero-order valence-electron chi connectivity index (χ0n) is 12.4. The van der Waals surface area contributed by atoms with Gasteiger partial charge in [-0.15, -0.1) is 0 Å². The molecule has 0 saturated heterocycles. The van der Waals surface area contributed by atoms with E-state index in [-0.39, 0.29) is 5.56 Å². The van der Waals surface area contributed by atoms with Crippen molar-refractivity contribution in [1.29, 1.82) is 0 Å². The molecular weight excluding hydrogens is 306 g/mol. The van der Waals surface area contributed by atoms with Crippen molar-refractivity contribution < 1.29 is 9.90 Å². The molecule has 0 aliphatic rings. The number of aromatic nitrogens is 5. The average molecular weight is 317 g/mol. The molecule has 4 rings (SSSR count). The van der Waals surface area contributed by atoms with Gasteiger partial charge in [-0.25, -0.2) is 9.78 Å². The quantitative estimate of drug-likeness (QED) is 0.624. The highest BCUT2D eigenvalue weighted by Crippen LogP contribution is 2.25. The van der Waals surface area contributed by atoms with E-state index in [2.05, 4.69) is 20.1 Å². The summed E-state index contributed by atoms with van der Waals surface area (Å²) in [7, 11) is 0. The third-order valence-corrected chi connectivity index (χ3v) is 3.66. The molecule has 3 aromatic heterocycles. The van der Waals surface area contributed by atoms with Gasteiger partial charge in [0, 0.05) is 23.5 Å². The highest BCUT2D eigenvalue weighted by Gasteiger charge is 2.11. The third kappa shape index (κ3) is 2.38. The molecule has 0 spiro atoms. The summed E-state index contributed by atoms with van der Waals surface area (Å²) in [5.41, 5.74) is 3.50. The number of hydrogen-bond donors (Lipinski definition) is 1. The van der Waals surface area contributed by atoms with Crippen molar-refractivity contribution in [3.05, 3.63) is 66.7 Å². The van der Waals surface area contributed by atoms with Gasteiger partial charge in [0.1, 0.15) is 6.33 Å². The minimum atomic E-state index is -0.958. The molecule has 7 heteroatoms. The van der Waals surface area contributed by atoms with E-state index in [4.69, 9.17) is 5.11 Å². The first kappa shape index (κ1) is 14.0. The molecule has 116 valence electrons. The van der Waals surface area contributed by atoms with Gasteiger partial charge in [0.15, 0.2) is 0 Å². The van der Waals surface area contributed by atoms with E-state index in [1.165, 1.54) is 6.33 Å². The topological polar surface area (TPSA) is 93.3 Å². The van der Waals surface area contributed by atoms with Crippen molar-refractivity contribution >= 4 is 11.7 Å². The van der Waals surface area contributed by atoms with E-state index in [0.29, 0.717) is 11.5 Å². The van der Waals surface area contributed by atoms with Gasteiger partial charge < -0.3 is 5.11 Å². The summed E-state index contributed by atoms with van der Waals surface area (Å²) < 4.78 is 1.66. The monoisotopic (exact) mass is 317 g/mol. The van der Waals surface area contributed by atoms with Crippen LogP contribution in [0.2, 0.25) is 0 Å². The van der Waals surface area contributed by atoms with Crippen molar-refractivity contribution in [3.8, 4) is 22.5 Å². The van der Waals surface area contributed by atoms with Crippen LogP contribution in [0.3, 0.4) is 0 Å². The van der Waals surface area contributed by atoms with Crippen LogP contribution in [0.4, 0.5) is 0 Å². The summed E-state index contributed by atoms with van der Waals surface area (Å²) in [5.74, 6) is -0.485.